The Morgan fingerprint density at radius 1 is 0.950 bits per heavy atom. The first kappa shape index (κ1) is 28.3. The van der Waals surface area contributed by atoms with Gasteiger partial charge < -0.3 is 9.30 Å². The van der Waals surface area contributed by atoms with E-state index in [-0.39, 0.29) is 0 Å². The van der Waals surface area contributed by atoms with Crippen LogP contribution in [0.1, 0.15) is 38.2 Å². The molecule has 0 bridgehead atoms. The highest BCUT2D eigenvalue weighted by molar-refractivity contribution is 7.89. The number of hydrogen-bond donors (Lipinski definition) is 0. The zero-order valence-corrected chi connectivity index (χ0v) is 24.8. The van der Waals surface area contributed by atoms with Gasteiger partial charge >= 0.3 is 0 Å². The maximum atomic E-state index is 13.5. The fraction of sp³-hybridized carbons (Fsp3) is 0.344. The summed E-state index contributed by atoms with van der Waals surface area (Å²) in [7, 11) is -1.87. The van der Waals surface area contributed by atoms with E-state index < -0.39 is 10.0 Å². The fourth-order valence-electron chi connectivity index (χ4n) is 5.20. The van der Waals surface area contributed by atoms with Crippen LogP contribution in [-0.2, 0) is 23.0 Å². The number of methoxy groups -OCH3 is 1. The Hall–Kier alpha value is -3.20. The van der Waals surface area contributed by atoms with E-state index in [2.05, 4.69) is 41.1 Å². The smallest absolute Gasteiger partial charge is 0.243 e. The summed E-state index contributed by atoms with van der Waals surface area (Å²) in [5.74, 6) is 1.32. The lowest BCUT2D eigenvalue weighted by atomic mass is 9.91. The molecule has 6 nitrogen and oxygen atoms in total. The number of hydrogen-bond acceptors (Lipinski definition) is 5. The molecule has 0 radical (unpaired) electrons. The molecule has 1 saturated heterocycles. The van der Waals surface area contributed by atoms with Crippen LogP contribution in [0.5, 0.6) is 5.75 Å². The van der Waals surface area contributed by atoms with Gasteiger partial charge in [0.1, 0.15) is 5.75 Å². The van der Waals surface area contributed by atoms with Gasteiger partial charge in [-0.05, 0) is 79.1 Å². The molecule has 0 amide bonds. The van der Waals surface area contributed by atoms with Crippen molar-refractivity contribution in [2.24, 2.45) is 10.9 Å². The van der Waals surface area contributed by atoms with Gasteiger partial charge in [-0.15, -0.1) is 11.3 Å². The molecule has 1 aromatic heterocycles. The van der Waals surface area contributed by atoms with E-state index in [0.29, 0.717) is 23.9 Å². The Labute approximate surface area is 241 Å². The molecule has 2 heterocycles. The molecular formula is C32H37N3O3S2. The van der Waals surface area contributed by atoms with Crippen molar-refractivity contribution < 1.29 is 13.2 Å². The molecule has 5 rings (SSSR count). The first-order chi connectivity index (χ1) is 19.5. The Kier molecular flexibility index (Phi) is 9.19. The van der Waals surface area contributed by atoms with Gasteiger partial charge in [0.2, 0.25) is 10.0 Å². The molecule has 0 atom stereocenters. The van der Waals surface area contributed by atoms with Crippen LogP contribution in [0.3, 0.4) is 0 Å². The molecule has 0 aliphatic carbocycles. The predicted molar refractivity (Wildman–Crippen MR) is 162 cm³/mol. The van der Waals surface area contributed by atoms with Crippen molar-refractivity contribution in [3.63, 3.8) is 0 Å². The summed E-state index contributed by atoms with van der Waals surface area (Å²) in [5.41, 5.74) is 4.23. The zero-order valence-electron chi connectivity index (χ0n) is 23.2. The molecule has 0 saturated carbocycles. The topological polar surface area (TPSA) is 63.9 Å². The molecule has 0 spiro atoms. The molecule has 3 aromatic carbocycles. The second-order valence-electron chi connectivity index (χ2n) is 10.3. The highest BCUT2D eigenvalue weighted by atomic mass is 32.2. The second-order valence-corrected chi connectivity index (χ2v) is 13.1. The molecular weight excluding hydrogens is 539 g/mol. The second kappa shape index (κ2) is 13.0. The third kappa shape index (κ3) is 6.57. The van der Waals surface area contributed by atoms with Crippen molar-refractivity contribution in [1.82, 2.24) is 8.87 Å². The van der Waals surface area contributed by atoms with Crippen LogP contribution in [0.2, 0.25) is 0 Å². The van der Waals surface area contributed by atoms with E-state index in [4.69, 9.17) is 9.73 Å². The maximum absolute atomic E-state index is 13.5. The monoisotopic (exact) mass is 575 g/mol. The van der Waals surface area contributed by atoms with Crippen LogP contribution in [-0.4, -0.2) is 37.5 Å². The standard InChI is InChI=1S/C32H37N3O3S2/c1-3-4-20-35-31(24-39-32(35)33-28-12-14-29(38-2)15-13-28)27-10-16-30(17-11-27)40(36,37)34-21-18-26(19-22-34)23-25-8-6-5-7-9-25/h5-17,24,26H,3-4,18-23H2,1-2H3. The Morgan fingerprint density at radius 2 is 1.65 bits per heavy atom. The Balaban J connectivity index is 1.32. The van der Waals surface area contributed by atoms with Crippen molar-refractivity contribution in [3.05, 3.63) is 94.6 Å². The van der Waals surface area contributed by atoms with Gasteiger partial charge in [-0.1, -0.05) is 55.8 Å². The third-order valence-corrected chi connectivity index (χ3v) is 10.3. The van der Waals surface area contributed by atoms with Crippen LogP contribution >= 0.6 is 11.3 Å². The van der Waals surface area contributed by atoms with Crippen LogP contribution in [0.4, 0.5) is 5.69 Å². The predicted octanol–water partition coefficient (Wildman–Crippen LogP) is 6.90. The fourth-order valence-corrected chi connectivity index (χ4v) is 7.62. The molecule has 1 fully saturated rings. The van der Waals surface area contributed by atoms with Gasteiger partial charge in [-0.2, -0.15) is 4.31 Å². The summed E-state index contributed by atoms with van der Waals surface area (Å²) in [6, 6.07) is 25.6. The van der Waals surface area contributed by atoms with Gasteiger partial charge in [0, 0.05) is 25.0 Å². The summed E-state index contributed by atoms with van der Waals surface area (Å²) in [4.78, 5) is 6.17. The molecule has 4 aromatic rings. The van der Waals surface area contributed by atoms with E-state index in [1.54, 1.807) is 34.9 Å². The number of ether oxygens (including phenoxy) is 1. The summed E-state index contributed by atoms with van der Waals surface area (Å²) in [6.07, 6.45) is 4.89. The molecule has 0 unspecified atom stereocenters. The largest absolute Gasteiger partial charge is 0.497 e. The summed E-state index contributed by atoms with van der Waals surface area (Å²) >= 11 is 1.60. The minimum atomic E-state index is -3.52. The first-order valence-corrected chi connectivity index (χ1v) is 16.3. The van der Waals surface area contributed by atoms with Gasteiger partial charge in [-0.3, -0.25) is 0 Å². The van der Waals surface area contributed by atoms with E-state index in [1.807, 2.05) is 42.5 Å². The quantitative estimate of drug-likeness (QED) is 0.207. The highest BCUT2D eigenvalue weighted by Gasteiger charge is 2.29. The normalized spacial score (nSPS) is 15.4. The Bertz CT molecular complexity index is 1550. The third-order valence-electron chi connectivity index (χ3n) is 7.56. The maximum Gasteiger partial charge on any atom is 0.243 e. The SMILES string of the molecule is CCCCn1c(-c2ccc(S(=O)(=O)N3CCC(Cc4ccccc4)CC3)cc2)csc1=Nc1ccc(OC)cc1. The molecule has 210 valence electrons. The Morgan fingerprint density at radius 3 is 2.30 bits per heavy atom. The lowest BCUT2D eigenvalue weighted by Crippen LogP contribution is -2.38. The van der Waals surface area contributed by atoms with Crippen LogP contribution in [0.25, 0.3) is 11.3 Å². The van der Waals surface area contributed by atoms with E-state index in [0.717, 1.165) is 66.1 Å². The number of aromatic nitrogens is 1. The number of rotatable bonds is 10. The van der Waals surface area contributed by atoms with Gasteiger partial charge in [0.15, 0.2) is 4.80 Å². The summed E-state index contributed by atoms with van der Waals surface area (Å²) in [5, 5.41) is 2.11. The van der Waals surface area contributed by atoms with Crippen molar-refractivity contribution >= 4 is 27.0 Å². The lowest BCUT2D eigenvalue weighted by molar-refractivity contribution is 0.273. The van der Waals surface area contributed by atoms with E-state index >= 15 is 0 Å². The van der Waals surface area contributed by atoms with Crippen molar-refractivity contribution in [3.8, 4) is 17.0 Å². The van der Waals surface area contributed by atoms with Crippen molar-refractivity contribution in [1.29, 1.82) is 0 Å². The van der Waals surface area contributed by atoms with Gasteiger partial charge in [0.25, 0.3) is 0 Å². The number of sulfonamides is 1. The number of nitrogens with zero attached hydrogens (tertiary/aromatic N) is 3. The molecule has 1 aliphatic rings. The number of piperidine rings is 1. The van der Waals surface area contributed by atoms with E-state index in [1.165, 1.54) is 5.56 Å². The average molecular weight is 576 g/mol. The molecule has 1 aliphatic heterocycles. The number of thiazole rings is 1. The highest BCUT2D eigenvalue weighted by Crippen LogP contribution is 2.28. The summed E-state index contributed by atoms with van der Waals surface area (Å²) in [6.45, 7) is 4.16. The molecule has 40 heavy (non-hydrogen) atoms. The first-order valence-electron chi connectivity index (χ1n) is 14.0. The number of benzene rings is 3. The average Bonchev–Trinajstić information content (AvgIpc) is 3.39. The lowest BCUT2D eigenvalue weighted by Gasteiger charge is -2.31. The molecule has 8 heteroatoms. The van der Waals surface area contributed by atoms with Crippen molar-refractivity contribution in [2.75, 3.05) is 20.2 Å². The van der Waals surface area contributed by atoms with Crippen LogP contribution < -0.4 is 9.54 Å². The van der Waals surface area contributed by atoms with Crippen LogP contribution in [0, 0.1) is 5.92 Å². The van der Waals surface area contributed by atoms with Gasteiger partial charge in [-0.25, -0.2) is 13.4 Å². The zero-order chi connectivity index (χ0) is 28.0. The van der Waals surface area contributed by atoms with E-state index in [9.17, 15) is 8.42 Å². The van der Waals surface area contributed by atoms with Gasteiger partial charge in [0.05, 0.1) is 23.4 Å². The van der Waals surface area contributed by atoms with Crippen molar-refractivity contribution in [2.45, 2.75) is 50.5 Å². The molecule has 0 N–H and O–H groups in total. The minimum absolute atomic E-state index is 0.358. The summed E-state index contributed by atoms with van der Waals surface area (Å²) < 4.78 is 36.1. The number of unbranched alkanes of at least 4 members (excludes halogenated alkanes) is 1. The minimum Gasteiger partial charge on any atom is -0.497 e. The van der Waals surface area contributed by atoms with Crippen LogP contribution in [0.15, 0.2) is 94.1 Å².